The summed E-state index contributed by atoms with van der Waals surface area (Å²) in [7, 11) is 1.72. The summed E-state index contributed by atoms with van der Waals surface area (Å²) in [6.45, 7) is 17.2. The number of hydrogen-bond acceptors (Lipinski definition) is 9. The van der Waals surface area contributed by atoms with E-state index in [1.807, 2.05) is 91.7 Å². The molecule has 3 heterocycles. The molecule has 5 aromatic rings. The fourth-order valence-corrected chi connectivity index (χ4v) is 6.93. The Kier molecular flexibility index (Phi) is 14.0. The third kappa shape index (κ3) is 10.9. The molecule has 0 bridgehead atoms. The molecule has 58 heavy (non-hydrogen) atoms. The first-order valence-electron chi connectivity index (χ1n) is 20.1. The number of aryl methyl sites for hydroxylation is 1. The average molecular weight is 789 g/mol. The second-order valence-electron chi connectivity index (χ2n) is 15.8. The fourth-order valence-electron chi connectivity index (χ4n) is 6.93. The fraction of sp³-hybridized carbons (Fsp3) is 0.422. The summed E-state index contributed by atoms with van der Waals surface area (Å²) >= 11 is 0. The van der Waals surface area contributed by atoms with Crippen LogP contribution >= 0.6 is 0 Å². The lowest BCUT2D eigenvalue weighted by atomic mass is 9.86. The van der Waals surface area contributed by atoms with E-state index < -0.39 is 0 Å². The van der Waals surface area contributed by atoms with Crippen LogP contribution in [0.5, 0.6) is 0 Å². The normalized spacial score (nSPS) is 13.5. The number of nitrogens with one attached hydrogen (secondary N) is 1. The van der Waals surface area contributed by atoms with Gasteiger partial charge in [-0.15, -0.1) is 5.10 Å². The van der Waals surface area contributed by atoms with Crippen LogP contribution in [0.2, 0.25) is 0 Å². The van der Waals surface area contributed by atoms with Gasteiger partial charge in [-0.3, -0.25) is 19.3 Å². The van der Waals surface area contributed by atoms with E-state index in [1.54, 1.807) is 22.5 Å². The van der Waals surface area contributed by atoms with Gasteiger partial charge in [0.1, 0.15) is 5.69 Å². The summed E-state index contributed by atoms with van der Waals surface area (Å²) < 4.78 is 14.6. The number of carbonyl (C=O) groups excluding carboxylic acids is 2. The van der Waals surface area contributed by atoms with Crippen molar-refractivity contribution >= 4 is 17.5 Å². The van der Waals surface area contributed by atoms with Gasteiger partial charge in [0.2, 0.25) is 0 Å². The summed E-state index contributed by atoms with van der Waals surface area (Å²) in [5.74, 6) is -0.198. The molecule has 0 aliphatic carbocycles. The zero-order valence-electron chi connectivity index (χ0n) is 34.7. The molecule has 13 heteroatoms. The van der Waals surface area contributed by atoms with Crippen LogP contribution in [0, 0.1) is 6.92 Å². The first-order valence-corrected chi connectivity index (χ1v) is 20.1. The minimum atomic E-state index is -0.195. The van der Waals surface area contributed by atoms with Crippen molar-refractivity contribution in [2.24, 2.45) is 7.05 Å². The van der Waals surface area contributed by atoms with E-state index in [-0.39, 0.29) is 22.8 Å². The lowest BCUT2D eigenvalue weighted by molar-refractivity contribution is 0.0539. The van der Waals surface area contributed by atoms with Crippen molar-refractivity contribution < 1.29 is 19.1 Å². The number of rotatable bonds is 16. The van der Waals surface area contributed by atoms with E-state index >= 15 is 0 Å². The number of nitrogens with zero attached hydrogens (tertiary/aromatic N) is 7. The summed E-state index contributed by atoms with van der Waals surface area (Å²) in [6, 6.07) is 20.8. The molecule has 1 saturated heterocycles. The largest absolute Gasteiger partial charge is 0.381 e. The topological polar surface area (TPSA) is 137 Å². The minimum Gasteiger partial charge on any atom is -0.381 e. The van der Waals surface area contributed by atoms with E-state index in [1.165, 1.54) is 0 Å². The molecule has 13 nitrogen and oxygen atoms in total. The van der Waals surface area contributed by atoms with Crippen LogP contribution in [-0.4, -0.2) is 105 Å². The second-order valence-corrected chi connectivity index (χ2v) is 15.8. The highest BCUT2D eigenvalue weighted by Crippen LogP contribution is 2.28. The Hall–Kier alpha value is -5.50. The molecular weight excluding hydrogens is 733 g/mol. The maximum absolute atomic E-state index is 13.4. The molecule has 2 aromatic heterocycles. The number of piperazine rings is 1. The lowest BCUT2D eigenvalue weighted by Crippen LogP contribution is -2.49. The van der Waals surface area contributed by atoms with E-state index in [2.05, 4.69) is 41.3 Å². The molecule has 306 valence electrons. The van der Waals surface area contributed by atoms with Crippen LogP contribution in [0.1, 0.15) is 76.5 Å². The maximum Gasteiger partial charge on any atom is 0.272 e. The van der Waals surface area contributed by atoms with Gasteiger partial charge in [0.25, 0.3) is 17.4 Å². The van der Waals surface area contributed by atoms with Crippen LogP contribution in [-0.2, 0) is 41.3 Å². The van der Waals surface area contributed by atoms with Crippen LogP contribution < -0.4 is 10.9 Å². The first-order chi connectivity index (χ1) is 27.9. The Morgan fingerprint density at radius 3 is 2.26 bits per heavy atom. The quantitative estimate of drug-likeness (QED) is 0.128. The standard InChI is InChI=1S/C45H56N8O5/c1-7-57-26-19-37-30-53(49-48-37)25-28-58-27-24-51-20-22-52(23-21-51)43(55)35-13-11-33(12-14-35)29-40-44(56)50(6)31-41(46-40)38-9-8-10-39(32(38)2)47-42(54)34-15-17-36(18-16-34)45(3,4)5/h8-18,30-31H,7,19-29H2,1-6H3,(H,47,54). The van der Waals surface area contributed by atoms with Crippen LogP contribution in [0.4, 0.5) is 5.69 Å². The van der Waals surface area contributed by atoms with Gasteiger partial charge in [-0.25, -0.2) is 9.67 Å². The summed E-state index contributed by atoms with van der Waals surface area (Å²) in [4.78, 5) is 48.9. The van der Waals surface area contributed by atoms with E-state index in [9.17, 15) is 14.4 Å². The molecule has 0 spiro atoms. The Bertz CT molecular complexity index is 2220. The number of carbonyl (C=O) groups is 2. The van der Waals surface area contributed by atoms with Crippen molar-refractivity contribution in [3.63, 3.8) is 0 Å². The number of anilines is 1. The predicted molar refractivity (Wildman–Crippen MR) is 225 cm³/mol. The number of hydrogen-bond donors (Lipinski definition) is 1. The molecule has 1 aliphatic rings. The Balaban J connectivity index is 0.995. The van der Waals surface area contributed by atoms with Gasteiger partial charge >= 0.3 is 0 Å². The van der Waals surface area contributed by atoms with Gasteiger partial charge < -0.3 is 24.3 Å². The molecule has 0 unspecified atom stereocenters. The van der Waals surface area contributed by atoms with Crippen molar-refractivity contribution in [1.29, 1.82) is 0 Å². The Morgan fingerprint density at radius 2 is 1.55 bits per heavy atom. The number of ether oxygens (including phenoxy) is 2. The van der Waals surface area contributed by atoms with Crippen molar-refractivity contribution in [2.45, 2.75) is 59.4 Å². The molecule has 0 radical (unpaired) electrons. The van der Waals surface area contributed by atoms with Crippen LogP contribution in [0.3, 0.4) is 0 Å². The smallest absolute Gasteiger partial charge is 0.272 e. The summed E-state index contributed by atoms with van der Waals surface area (Å²) in [5.41, 5.74) is 7.32. The minimum absolute atomic E-state index is 0.00341. The lowest BCUT2D eigenvalue weighted by Gasteiger charge is -2.34. The van der Waals surface area contributed by atoms with Gasteiger partial charge in [-0.05, 0) is 66.3 Å². The van der Waals surface area contributed by atoms with Gasteiger partial charge in [0, 0.05) is 94.0 Å². The molecule has 3 aromatic carbocycles. The maximum atomic E-state index is 13.4. The number of aromatic nitrogens is 5. The van der Waals surface area contributed by atoms with Crippen molar-refractivity contribution in [3.05, 3.63) is 129 Å². The monoisotopic (exact) mass is 788 g/mol. The highest BCUT2D eigenvalue weighted by Gasteiger charge is 2.22. The third-order valence-electron chi connectivity index (χ3n) is 10.6. The van der Waals surface area contributed by atoms with Crippen LogP contribution in [0.15, 0.2) is 83.9 Å². The third-order valence-corrected chi connectivity index (χ3v) is 10.6. The molecule has 0 saturated carbocycles. The van der Waals surface area contributed by atoms with E-state index in [0.29, 0.717) is 80.7 Å². The van der Waals surface area contributed by atoms with Gasteiger partial charge in [0.05, 0.1) is 37.8 Å². The summed E-state index contributed by atoms with van der Waals surface area (Å²) in [6.07, 6.45) is 4.72. The van der Waals surface area contributed by atoms with Crippen LogP contribution in [0.25, 0.3) is 11.3 Å². The zero-order valence-corrected chi connectivity index (χ0v) is 34.7. The van der Waals surface area contributed by atoms with Gasteiger partial charge in [-0.2, -0.15) is 0 Å². The van der Waals surface area contributed by atoms with E-state index in [4.69, 9.17) is 14.5 Å². The van der Waals surface area contributed by atoms with Gasteiger partial charge in [0.15, 0.2) is 0 Å². The van der Waals surface area contributed by atoms with E-state index in [0.717, 1.165) is 54.0 Å². The molecule has 0 atom stereocenters. The predicted octanol–water partition coefficient (Wildman–Crippen LogP) is 5.54. The SMILES string of the molecule is CCOCCc1cn(CCOCCN2CCN(C(=O)c3ccc(Cc4nc(-c5cccc(NC(=O)c6ccc(C(C)(C)C)cc6)c5C)cn(C)c4=O)cc3)CC2)nn1. The molecule has 1 aliphatic heterocycles. The average Bonchev–Trinajstić information content (AvgIpc) is 3.67. The second kappa shape index (κ2) is 19.3. The number of benzene rings is 3. The molecule has 1 N–H and O–H groups in total. The van der Waals surface area contributed by atoms with Crippen molar-refractivity contribution in [1.82, 2.24) is 34.3 Å². The Morgan fingerprint density at radius 1 is 0.845 bits per heavy atom. The molecule has 1 fully saturated rings. The highest BCUT2D eigenvalue weighted by molar-refractivity contribution is 6.05. The zero-order chi connectivity index (χ0) is 41.2. The molecule has 6 rings (SSSR count). The summed E-state index contributed by atoms with van der Waals surface area (Å²) in [5, 5.41) is 11.4. The molecular formula is C45H56N8O5. The van der Waals surface area contributed by atoms with Gasteiger partial charge in [-0.1, -0.05) is 62.4 Å². The Labute approximate surface area is 341 Å². The van der Waals surface area contributed by atoms with Crippen molar-refractivity contribution in [2.75, 3.05) is 64.5 Å². The number of amides is 2. The van der Waals surface area contributed by atoms with Crippen molar-refractivity contribution in [3.8, 4) is 11.3 Å². The first kappa shape index (κ1) is 42.1. The highest BCUT2D eigenvalue weighted by atomic mass is 16.5. The molecule has 2 amide bonds.